The van der Waals surface area contributed by atoms with Gasteiger partial charge in [-0.2, -0.15) is 0 Å². The molecule has 3 heteroatoms. The van der Waals surface area contributed by atoms with E-state index in [2.05, 4.69) is 36.9 Å². The van der Waals surface area contributed by atoms with Gasteiger partial charge in [-0.1, -0.05) is 32.0 Å². The van der Waals surface area contributed by atoms with E-state index in [1.165, 1.54) is 11.3 Å². The molecule has 1 aromatic carbocycles. The molecular weight excluding hydrogens is 286 g/mol. The maximum Gasteiger partial charge on any atom is 0.148 e. The Labute approximate surface area is 138 Å². The second-order valence-electron chi connectivity index (χ2n) is 7.89. The van der Waals surface area contributed by atoms with Gasteiger partial charge in [0.1, 0.15) is 17.0 Å². The Hall–Kier alpha value is -1.64. The zero-order valence-electron chi connectivity index (χ0n) is 14.0. The van der Waals surface area contributed by atoms with E-state index in [1.807, 2.05) is 6.07 Å². The molecule has 1 saturated carbocycles. The van der Waals surface area contributed by atoms with E-state index in [1.54, 1.807) is 0 Å². The lowest BCUT2D eigenvalue weighted by molar-refractivity contribution is -0.147. The van der Waals surface area contributed by atoms with Gasteiger partial charge in [0.25, 0.3) is 0 Å². The van der Waals surface area contributed by atoms with Crippen LogP contribution >= 0.6 is 0 Å². The molecule has 0 aromatic heterocycles. The molecule has 4 rings (SSSR count). The molecular formula is C20H25NO2. The van der Waals surface area contributed by atoms with Gasteiger partial charge in [0.05, 0.1) is 6.04 Å². The molecule has 3 nitrogen and oxygen atoms in total. The standard InChI is InChI=1S/C20H25NO2/c1-13-10-14(2)19-20(17(22)8-5-9-18(20)23)11-15-6-3-4-7-16(15)21(19)12-13/h3-4,6-7,13-14,19H,5,8-12H2,1-2H3/t13-,14-,19+/m1/s1. The lowest BCUT2D eigenvalue weighted by Crippen LogP contribution is -2.66. The molecule has 1 aromatic rings. The summed E-state index contributed by atoms with van der Waals surface area (Å²) in [6.07, 6.45) is 3.59. The molecule has 0 bridgehead atoms. The van der Waals surface area contributed by atoms with Crippen molar-refractivity contribution >= 4 is 17.3 Å². The largest absolute Gasteiger partial charge is 0.366 e. The number of ketones is 2. The minimum Gasteiger partial charge on any atom is -0.366 e. The molecule has 0 unspecified atom stereocenters. The Balaban J connectivity index is 1.91. The number of para-hydroxylation sites is 1. The van der Waals surface area contributed by atoms with E-state index >= 15 is 0 Å². The summed E-state index contributed by atoms with van der Waals surface area (Å²) in [5, 5.41) is 0. The highest BCUT2D eigenvalue weighted by molar-refractivity contribution is 6.11. The van der Waals surface area contributed by atoms with Gasteiger partial charge in [0.15, 0.2) is 0 Å². The number of carbonyl (C=O) groups excluding carboxylic acids is 2. The second kappa shape index (κ2) is 5.19. The predicted octanol–water partition coefficient (Wildman–Crippen LogP) is 3.40. The molecule has 122 valence electrons. The van der Waals surface area contributed by atoms with Crippen LogP contribution in [-0.4, -0.2) is 24.2 Å². The van der Waals surface area contributed by atoms with Crippen LogP contribution in [0.1, 0.15) is 45.1 Å². The highest BCUT2D eigenvalue weighted by atomic mass is 16.2. The fourth-order valence-corrected chi connectivity index (χ4v) is 5.48. The second-order valence-corrected chi connectivity index (χ2v) is 7.89. The van der Waals surface area contributed by atoms with Gasteiger partial charge in [-0.3, -0.25) is 9.59 Å². The first-order chi connectivity index (χ1) is 11.0. The maximum atomic E-state index is 13.0. The average molecular weight is 311 g/mol. The van der Waals surface area contributed by atoms with Crippen molar-refractivity contribution in [2.24, 2.45) is 17.3 Å². The number of benzene rings is 1. The Kier molecular flexibility index (Phi) is 3.36. The number of nitrogens with zero attached hydrogens (tertiary/aromatic N) is 1. The van der Waals surface area contributed by atoms with Crippen molar-refractivity contribution in [1.29, 1.82) is 0 Å². The molecule has 0 radical (unpaired) electrons. The first-order valence-corrected chi connectivity index (χ1v) is 8.95. The van der Waals surface area contributed by atoms with Crippen LogP contribution in [0.4, 0.5) is 5.69 Å². The van der Waals surface area contributed by atoms with E-state index in [0.29, 0.717) is 31.1 Å². The Morgan fingerprint density at radius 2 is 1.78 bits per heavy atom. The number of piperidine rings is 1. The predicted molar refractivity (Wildman–Crippen MR) is 90.5 cm³/mol. The smallest absolute Gasteiger partial charge is 0.148 e. The van der Waals surface area contributed by atoms with Crippen molar-refractivity contribution in [3.63, 3.8) is 0 Å². The molecule has 1 saturated heterocycles. The van der Waals surface area contributed by atoms with E-state index in [9.17, 15) is 9.59 Å². The Morgan fingerprint density at radius 1 is 1.09 bits per heavy atom. The number of anilines is 1. The first-order valence-electron chi connectivity index (χ1n) is 8.95. The molecule has 1 aliphatic carbocycles. The third-order valence-corrected chi connectivity index (χ3v) is 6.24. The van der Waals surface area contributed by atoms with Crippen molar-refractivity contribution in [1.82, 2.24) is 0 Å². The van der Waals surface area contributed by atoms with Gasteiger partial charge in [-0.15, -0.1) is 0 Å². The number of rotatable bonds is 0. The molecule has 3 aliphatic rings. The van der Waals surface area contributed by atoms with Crippen molar-refractivity contribution in [2.75, 3.05) is 11.4 Å². The van der Waals surface area contributed by atoms with Gasteiger partial charge in [-0.05, 0) is 42.7 Å². The molecule has 2 fully saturated rings. The van der Waals surface area contributed by atoms with Crippen molar-refractivity contribution in [3.8, 4) is 0 Å². The minimum atomic E-state index is -0.786. The zero-order valence-corrected chi connectivity index (χ0v) is 14.0. The highest BCUT2D eigenvalue weighted by Gasteiger charge is 2.59. The van der Waals surface area contributed by atoms with Crippen LogP contribution in [0.5, 0.6) is 0 Å². The summed E-state index contributed by atoms with van der Waals surface area (Å²) in [6.45, 7) is 5.47. The number of Topliss-reactive ketones (excluding diaryl/α,β-unsaturated/α-hetero) is 2. The number of fused-ring (bicyclic) bond motifs is 4. The van der Waals surface area contributed by atoms with E-state index in [0.717, 1.165) is 19.4 Å². The van der Waals surface area contributed by atoms with E-state index in [-0.39, 0.29) is 17.6 Å². The number of hydrogen-bond donors (Lipinski definition) is 0. The molecule has 2 heterocycles. The third-order valence-electron chi connectivity index (χ3n) is 6.24. The summed E-state index contributed by atoms with van der Waals surface area (Å²) >= 11 is 0. The van der Waals surface area contributed by atoms with Crippen LogP contribution in [0.3, 0.4) is 0 Å². The molecule has 1 spiro atoms. The van der Waals surface area contributed by atoms with Crippen LogP contribution in [0.2, 0.25) is 0 Å². The van der Waals surface area contributed by atoms with Crippen LogP contribution < -0.4 is 4.90 Å². The van der Waals surface area contributed by atoms with Crippen molar-refractivity contribution < 1.29 is 9.59 Å². The maximum absolute atomic E-state index is 13.0. The minimum absolute atomic E-state index is 0.0499. The molecule has 0 amide bonds. The first kappa shape index (κ1) is 14.9. The summed E-state index contributed by atoms with van der Waals surface area (Å²) in [6, 6.07) is 8.42. The van der Waals surface area contributed by atoms with Gasteiger partial charge < -0.3 is 4.90 Å². The highest BCUT2D eigenvalue weighted by Crippen LogP contribution is 2.51. The summed E-state index contributed by atoms with van der Waals surface area (Å²) in [7, 11) is 0. The van der Waals surface area contributed by atoms with Crippen molar-refractivity contribution in [2.45, 2.75) is 52.0 Å². The summed E-state index contributed by atoms with van der Waals surface area (Å²) in [5.41, 5.74) is 1.63. The van der Waals surface area contributed by atoms with Gasteiger partial charge >= 0.3 is 0 Å². The van der Waals surface area contributed by atoms with Crippen LogP contribution in [0, 0.1) is 17.3 Å². The third kappa shape index (κ3) is 2.02. The monoisotopic (exact) mass is 311 g/mol. The Morgan fingerprint density at radius 3 is 2.52 bits per heavy atom. The normalized spacial score (nSPS) is 32.6. The fraction of sp³-hybridized carbons (Fsp3) is 0.600. The molecule has 0 N–H and O–H groups in total. The lowest BCUT2D eigenvalue weighted by Gasteiger charge is -2.56. The summed E-state index contributed by atoms with van der Waals surface area (Å²) < 4.78 is 0. The van der Waals surface area contributed by atoms with E-state index < -0.39 is 5.41 Å². The Bertz CT molecular complexity index is 649. The average Bonchev–Trinajstić information content (AvgIpc) is 2.52. The number of carbonyl (C=O) groups is 2. The molecule has 2 aliphatic heterocycles. The van der Waals surface area contributed by atoms with Crippen LogP contribution in [0.15, 0.2) is 24.3 Å². The summed E-state index contributed by atoms with van der Waals surface area (Å²) in [4.78, 5) is 28.5. The summed E-state index contributed by atoms with van der Waals surface area (Å²) in [5.74, 6) is 1.36. The zero-order chi connectivity index (χ0) is 16.2. The van der Waals surface area contributed by atoms with Gasteiger partial charge in [0.2, 0.25) is 0 Å². The van der Waals surface area contributed by atoms with Gasteiger partial charge in [0, 0.05) is 25.1 Å². The SMILES string of the molecule is C[C@@H]1C[C@@H](C)[C@@H]2N(C1)c1ccccc1CC21C(=O)CCCC1=O. The molecule has 3 atom stereocenters. The quantitative estimate of drug-likeness (QED) is 0.689. The van der Waals surface area contributed by atoms with E-state index in [4.69, 9.17) is 0 Å². The molecule has 23 heavy (non-hydrogen) atoms. The van der Waals surface area contributed by atoms with Crippen molar-refractivity contribution in [3.05, 3.63) is 29.8 Å². The topological polar surface area (TPSA) is 37.4 Å². The van der Waals surface area contributed by atoms with Crippen LogP contribution in [0.25, 0.3) is 0 Å². The lowest BCUT2D eigenvalue weighted by atomic mass is 9.57. The van der Waals surface area contributed by atoms with Gasteiger partial charge in [-0.25, -0.2) is 0 Å². The van der Waals surface area contributed by atoms with Crippen LogP contribution in [-0.2, 0) is 16.0 Å². The fourth-order valence-electron chi connectivity index (χ4n) is 5.48. The number of hydrogen-bond acceptors (Lipinski definition) is 3.